The Morgan fingerprint density at radius 2 is 1.80 bits per heavy atom. The predicted molar refractivity (Wildman–Crippen MR) is 76.0 cm³/mol. The number of hydrogen-bond acceptors (Lipinski definition) is 4. The molecule has 5 nitrogen and oxygen atoms in total. The molecule has 0 unspecified atom stereocenters. The van der Waals surface area contributed by atoms with Crippen LogP contribution in [0.2, 0.25) is 0 Å². The third-order valence-corrected chi connectivity index (χ3v) is 3.59. The summed E-state index contributed by atoms with van der Waals surface area (Å²) >= 11 is 0. The summed E-state index contributed by atoms with van der Waals surface area (Å²) in [7, 11) is 1.57. The van der Waals surface area contributed by atoms with E-state index in [1.54, 1.807) is 26.2 Å². The van der Waals surface area contributed by atoms with E-state index in [1.165, 1.54) is 0 Å². The number of carbonyl (C=O) groups is 2. The van der Waals surface area contributed by atoms with Crippen molar-refractivity contribution in [2.24, 2.45) is 0 Å². The number of ketones is 1. The first kappa shape index (κ1) is 14.5. The van der Waals surface area contributed by atoms with Gasteiger partial charge in [-0.2, -0.15) is 0 Å². The zero-order valence-electron chi connectivity index (χ0n) is 12.0. The van der Waals surface area contributed by atoms with Gasteiger partial charge >= 0.3 is 0 Å². The van der Waals surface area contributed by atoms with E-state index in [1.807, 2.05) is 17.0 Å². The largest absolute Gasteiger partial charge is 0.496 e. The molecule has 1 aliphatic heterocycles. The van der Waals surface area contributed by atoms with Gasteiger partial charge in [0.05, 0.1) is 19.2 Å². The average Bonchev–Trinajstić information content (AvgIpc) is 2.47. The van der Waals surface area contributed by atoms with Crippen molar-refractivity contribution in [1.29, 1.82) is 0 Å². The van der Waals surface area contributed by atoms with Crippen LogP contribution >= 0.6 is 0 Å². The Morgan fingerprint density at radius 3 is 2.40 bits per heavy atom. The summed E-state index contributed by atoms with van der Waals surface area (Å²) in [4.78, 5) is 27.4. The van der Waals surface area contributed by atoms with E-state index in [0.29, 0.717) is 30.9 Å². The summed E-state index contributed by atoms with van der Waals surface area (Å²) in [6.07, 6.45) is 0. The van der Waals surface area contributed by atoms with Crippen LogP contribution in [0.25, 0.3) is 0 Å². The molecule has 0 spiro atoms. The Hall–Kier alpha value is -1.88. The predicted octanol–water partition coefficient (Wildman–Crippen LogP) is 1.04. The summed E-state index contributed by atoms with van der Waals surface area (Å²) in [5.41, 5.74) is 0.615. The van der Waals surface area contributed by atoms with E-state index in [2.05, 4.69) is 4.90 Å². The fraction of sp³-hybridized carbons (Fsp3) is 0.467. The number of para-hydroxylation sites is 1. The van der Waals surface area contributed by atoms with Crippen LogP contribution in [0.1, 0.15) is 17.3 Å². The molecule has 0 bridgehead atoms. The number of ether oxygens (including phenoxy) is 1. The molecule has 1 saturated heterocycles. The summed E-state index contributed by atoms with van der Waals surface area (Å²) < 4.78 is 5.21. The van der Waals surface area contributed by atoms with Crippen LogP contribution in [-0.4, -0.2) is 61.3 Å². The number of hydrogen-bond donors (Lipinski definition) is 0. The van der Waals surface area contributed by atoms with Gasteiger partial charge in [0.25, 0.3) is 0 Å². The van der Waals surface area contributed by atoms with Gasteiger partial charge < -0.3 is 9.64 Å². The lowest BCUT2D eigenvalue weighted by molar-refractivity contribution is -0.130. The minimum absolute atomic E-state index is 0.0544. The number of Topliss-reactive ketones (excluding diaryl/α,β-unsaturated/α-hetero) is 1. The number of amides is 1. The molecule has 1 aromatic carbocycles. The van der Waals surface area contributed by atoms with Gasteiger partial charge in [-0.05, 0) is 12.1 Å². The maximum Gasteiger partial charge on any atom is 0.219 e. The lowest BCUT2D eigenvalue weighted by Gasteiger charge is -2.33. The number of rotatable bonds is 4. The van der Waals surface area contributed by atoms with Gasteiger partial charge in [0.1, 0.15) is 5.75 Å². The third kappa shape index (κ3) is 3.36. The normalized spacial score (nSPS) is 16.0. The van der Waals surface area contributed by atoms with Gasteiger partial charge in [0.2, 0.25) is 5.91 Å². The van der Waals surface area contributed by atoms with Crippen molar-refractivity contribution in [3.8, 4) is 5.75 Å². The van der Waals surface area contributed by atoms with Crippen LogP contribution in [-0.2, 0) is 4.79 Å². The molecule has 0 saturated carbocycles. The average molecular weight is 276 g/mol. The van der Waals surface area contributed by atoms with Crippen LogP contribution in [0.3, 0.4) is 0 Å². The van der Waals surface area contributed by atoms with Crippen molar-refractivity contribution in [3.05, 3.63) is 29.8 Å². The minimum atomic E-state index is 0.0544. The molecular formula is C15H20N2O3. The van der Waals surface area contributed by atoms with Gasteiger partial charge in [-0.3, -0.25) is 14.5 Å². The van der Waals surface area contributed by atoms with Gasteiger partial charge in [0.15, 0.2) is 5.78 Å². The van der Waals surface area contributed by atoms with Crippen LogP contribution in [0.5, 0.6) is 5.75 Å². The first-order chi connectivity index (χ1) is 9.61. The van der Waals surface area contributed by atoms with Gasteiger partial charge in [-0.25, -0.2) is 0 Å². The van der Waals surface area contributed by atoms with Crippen molar-refractivity contribution in [2.75, 3.05) is 39.8 Å². The molecule has 1 aromatic rings. The number of piperazine rings is 1. The molecule has 5 heteroatoms. The van der Waals surface area contributed by atoms with E-state index in [4.69, 9.17) is 4.74 Å². The zero-order valence-corrected chi connectivity index (χ0v) is 12.0. The Labute approximate surface area is 119 Å². The lowest BCUT2D eigenvalue weighted by Crippen LogP contribution is -2.49. The second-order valence-electron chi connectivity index (χ2n) is 4.91. The topological polar surface area (TPSA) is 49.9 Å². The van der Waals surface area contributed by atoms with Crippen molar-refractivity contribution >= 4 is 11.7 Å². The maximum atomic E-state index is 12.3. The van der Waals surface area contributed by atoms with E-state index < -0.39 is 0 Å². The monoisotopic (exact) mass is 276 g/mol. The SMILES string of the molecule is COc1ccccc1C(=O)CN1CCN(C(C)=O)CC1. The van der Waals surface area contributed by atoms with E-state index >= 15 is 0 Å². The Kier molecular flexibility index (Phi) is 4.74. The van der Waals surface area contributed by atoms with Crippen LogP contribution < -0.4 is 4.74 Å². The van der Waals surface area contributed by atoms with Crippen molar-refractivity contribution < 1.29 is 14.3 Å². The Balaban J connectivity index is 1.94. The molecular weight excluding hydrogens is 256 g/mol. The number of carbonyl (C=O) groups excluding carboxylic acids is 2. The zero-order chi connectivity index (χ0) is 14.5. The van der Waals surface area contributed by atoms with Crippen LogP contribution in [0.15, 0.2) is 24.3 Å². The summed E-state index contributed by atoms with van der Waals surface area (Å²) in [5, 5.41) is 0. The number of methoxy groups -OCH3 is 1. The fourth-order valence-electron chi connectivity index (χ4n) is 2.38. The van der Waals surface area contributed by atoms with Gasteiger partial charge in [-0.15, -0.1) is 0 Å². The van der Waals surface area contributed by atoms with E-state index in [9.17, 15) is 9.59 Å². The molecule has 1 fully saturated rings. The second-order valence-corrected chi connectivity index (χ2v) is 4.91. The van der Waals surface area contributed by atoms with Gasteiger partial charge in [-0.1, -0.05) is 12.1 Å². The summed E-state index contributed by atoms with van der Waals surface area (Å²) in [6, 6.07) is 7.26. The smallest absolute Gasteiger partial charge is 0.219 e. The molecule has 0 atom stereocenters. The molecule has 20 heavy (non-hydrogen) atoms. The Morgan fingerprint density at radius 1 is 1.15 bits per heavy atom. The molecule has 1 aliphatic rings. The first-order valence-electron chi connectivity index (χ1n) is 6.76. The maximum absolute atomic E-state index is 12.3. The van der Waals surface area contributed by atoms with Crippen molar-refractivity contribution in [2.45, 2.75) is 6.92 Å². The van der Waals surface area contributed by atoms with E-state index in [0.717, 1.165) is 13.1 Å². The summed E-state index contributed by atoms with van der Waals surface area (Å²) in [5.74, 6) is 0.763. The van der Waals surface area contributed by atoms with Gasteiger partial charge in [0, 0.05) is 33.1 Å². The Bertz CT molecular complexity index is 494. The number of nitrogens with zero attached hydrogens (tertiary/aromatic N) is 2. The highest BCUT2D eigenvalue weighted by Gasteiger charge is 2.21. The molecule has 1 heterocycles. The van der Waals surface area contributed by atoms with Crippen LogP contribution in [0.4, 0.5) is 0 Å². The molecule has 0 radical (unpaired) electrons. The highest BCUT2D eigenvalue weighted by molar-refractivity contribution is 6.00. The molecule has 2 rings (SSSR count). The molecule has 1 amide bonds. The van der Waals surface area contributed by atoms with E-state index in [-0.39, 0.29) is 11.7 Å². The fourth-order valence-corrected chi connectivity index (χ4v) is 2.38. The minimum Gasteiger partial charge on any atom is -0.496 e. The molecule has 0 aromatic heterocycles. The quantitative estimate of drug-likeness (QED) is 0.771. The third-order valence-electron chi connectivity index (χ3n) is 3.59. The standard InChI is InChI=1S/C15H20N2O3/c1-12(18)17-9-7-16(8-10-17)11-14(19)13-5-3-4-6-15(13)20-2/h3-6H,7-11H2,1-2H3. The highest BCUT2D eigenvalue weighted by Crippen LogP contribution is 2.18. The van der Waals surface area contributed by atoms with Crippen LogP contribution in [0, 0.1) is 0 Å². The van der Waals surface area contributed by atoms with Crippen molar-refractivity contribution in [1.82, 2.24) is 9.80 Å². The summed E-state index contributed by atoms with van der Waals surface area (Å²) in [6.45, 7) is 4.80. The molecule has 0 N–H and O–H groups in total. The highest BCUT2D eigenvalue weighted by atomic mass is 16.5. The molecule has 0 aliphatic carbocycles. The number of benzene rings is 1. The first-order valence-corrected chi connectivity index (χ1v) is 6.76. The van der Waals surface area contributed by atoms with Crippen molar-refractivity contribution in [3.63, 3.8) is 0 Å². The lowest BCUT2D eigenvalue weighted by atomic mass is 10.1. The molecule has 108 valence electrons. The second kappa shape index (κ2) is 6.52.